The molecule has 0 radical (unpaired) electrons. The van der Waals surface area contributed by atoms with Crippen molar-refractivity contribution in [1.29, 1.82) is 0 Å². The van der Waals surface area contributed by atoms with Crippen LogP contribution in [0.15, 0.2) is 22.1 Å². The molecule has 6 heteroatoms. The molecule has 1 aliphatic rings. The molecule has 0 saturated heterocycles. The first-order valence-corrected chi connectivity index (χ1v) is 5.94. The third kappa shape index (κ3) is 2.12. The highest BCUT2D eigenvalue weighted by Crippen LogP contribution is 2.32. The van der Waals surface area contributed by atoms with E-state index in [4.69, 9.17) is 16.0 Å². The van der Waals surface area contributed by atoms with Crippen LogP contribution in [0.3, 0.4) is 0 Å². The fourth-order valence-corrected chi connectivity index (χ4v) is 3.17. The van der Waals surface area contributed by atoms with Gasteiger partial charge in [-0.25, -0.2) is 0 Å². The van der Waals surface area contributed by atoms with Crippen molar-refractivity contribution in [2.75, 3.05) is 0 Å². The van der Waals surface area contributed by atoms with Crippen molar-refractivity contribution in [3.63, 3.8) is 0 Å². The molecule has 0 fully saturated rings. The molecule has 0 aliphatic heterocycles. The standard InChI is InChI=1S/C9H16N2O3S/c1-5-4-9(3,11)8(15(12,13)14)6(2)7(5)10/h4,7H,10-11H2,1-3H3,(H,12,13,14). The van der Waals surface area contributed by atoms with Gasteiger partial charge >= 0.3 is 0 Å². The van der Waals surface area contributed by atoms with Crippen LogP contribution in [0.2, 0.25) is 0 Å². The molecule has 0 heterocycles. The van der Waals surface area contributed by atoms with Gasteiger partial charge in [-0.3, -0.25) is 4.55 Å². The van der Waals surface area contributed by atoms with E-state index in [0.29, 0.717) is 5.57 Å². The van der Waals surface area contributed by atoms with Crippen molar-refractivity contribution in [1.82, 2.24) is 0 Å². The maximum atomic E-state index is 11.2. The average Bonchev–Trinajstić information content (AvgIpc) is 1.95. The number of hydrogen-bond donors (Lipinski definition) is 3. The van der Waals surface area contributed by atoms with E-state index >= 15 is 0 Å². The number of nitrogens with two attached hydrogens (primary N) is 2. The first kappa shape index (κ1) is 12.4. The predicted octanol–water partition coefficient (Wildman–Crippen LogP) is 0.153. The predicted molar refractivity (Wildman–Crippen MR) is 58.6 cm³/mol. The summed E-state index contributed by atoms with van der Waals surface area (Å²) in [6.45, 7) is 4.87. The molecule has 5 N–H and O–H groups in total. The molecule has 0 amide bonds. The van der Waals surface area contributed by atoms with E-state index < -0.39 is 21.7 Å². The van der Waals surface area contributed by atoms with Gasteiger partial charge in [0.1, 0.15) is 0 Å². The maximum absolute atomic E-state index is 11.2. The van der Waals surface area contributed by atoms with E-state index in [1.807, 2.05) is 0 Å². The molecule has 86 valence electrons. The second-order valence-corrected chi connectivity index (χ2v) is 5.49. The summed E-state index contributed by atoms with van der Waals surface area (Å²) in [5, 5.41) is 0. The summed E-state index contributed by atoms with van der Waals surface area (Å²) in [6.07, 6.45) is 1.56. The summed E-state index contributed by atoms with van der Waals surface area (Å²) in [7, 11) is -4.31. The lowest BCUT2D eigenvalue weighted by Crippen LogP contribution is -2.46. The van der Waals surface area contributed by atoms with E-state index in [-0.39, 0.29) is 4.91 Å². The van der Waals surface area contributed by atoms with Gasteiger partial charge in [0, 0.05) is 6.04 Å². The van der Waals surface area contributed by atoms with Crippen LogP contribution < -0.4 is 11.5 Å². The molecule has 1 aliphatic carbocycles. The normalized spacial score (nSPS) is 32.9. The molecule has 2 unspecified atom stereocenters. The molecule has 0 spiro atoms. The van der Waals surface area contributed by atoms with Crippen LogP contribution in [0.5, 0.6) is 0 Å². The fraction of sp³-hybridized carbons (Fsp3) is 0.556. The molecular weight excluding hydrogens is 216 g/mol. The van der Waals surface area contributed by atoms with Crippen molar-refractivity contribution in [3.05, 3.63) is 22.1 Å². The lowest BCUT2D eigenvalue weighted by molar-refractivity contribution is 0.479. The van der Waals surface area contributed by atoms with Crippen molar-refractivity contribution in [3.8, 4) is 0 Å². The summed E-state index contributed by atoms with van der Waals surface area (Å²) in [5.41, 5.74) is 11.6. The minimum Gasteiger partial charge on any atom is -0.321 e. The highest BCUT2D eigenvalue weighted by atomic mass is 32.2. The Labute approximate surface area is 89.6 Å². The highest BCUT2D eigenvalue weighted by molar-refractivity contribution is 7.90. The molecule has 0 bridgehead atoms. The second kappa shape index (κ2) is 3.41. The molecule has 0 aromatic carbocycles. The van der Waals surface area contributed by atoms with Gasteiger partial charge in [0.2, 0.25) is 0 Å². The lowest BCUT2D eigenvalue weighted by atomic mass is 9.85. The summed E-state index contributed by atoms with van der Waals surface area (Å²) >= 11 is 0. The maximum Gasteiger partial charge on any atom is 0.292 e. The Kier molecular flexibility index (Phi) is 2.82. The third-order valence-electron chi connectivity index (χ3n) is 2.59. The molecule has 0 aromatic rings. The van der Waals surface area contributed by atoms with Crippen LogP contribution in [-0.4, -0.2) is 24.6 Å². The zero-order valence-corrected chi connectivity index (χ0v) is 9.80. The Balaban J connectivity index is 3.48. The number of rotatable bonds is 1. The smallest absolute Gasteiger partial charge is 0.292 e. The Bertz CT molecular complexity index is 446. The van der Waals surface area contributed by atoms with Gasteiger partial charge in [-0.1, -0.05) is 11.6 Å². The van der Waals surface area contributed by atoms with Crippen LogP contribution >= 0.6 is 0 Å². The van der Waals surface area contributed by atoms with Crippen LogP contribution in [0, 0.1) is 0 Å². The Morgan fingerprint density at radius 1 is 1.47 bits per heavy atom. The average molecular weight is 232 g/mol. The third-order valence-corrected chi connectivity index (χ3v) is 3.87. The molecule has 5 nitrogen and oxygen atoms in total. The van der Waals surface area contributed by atoms with Gasteiger partial charge < -0.3 is 11.5 Å². The van der Waals surface area contributed by atoms with Gasteiger partial charge in [-0.2, -0.15) is 8.42 Å². The van der Waals surface area contributed by atoms with Crippen LogP contribution in [0.4, 0.5) is 0 Å². The molecular formula is C9H16N2O3S. The zero-order chi connectivity index (χ0) is 12.0. The quantitative estimate of drug-likeness (QED) is 0.441. The minimum atomic E-state index is -4.31. The SMILES string of the molecule is CC1=CC(C)(N)C(S(=O)(=O)O)=C(C)C1N. The second-order valence-electron chi connectivity index (χ2n) is 4.14. The van der Waals surface area contributed by atoms with E-state index in [2.05, 4.69) is 0 Å². The van der Waals surface area contributed by atoms with Gasteiger partial charge in [0.15, 0.2) is 0 Å². The van der Waals surface area contributed by atoms with Gasteiger partial charge in [-0.05, 0) is 26.3 Å². The van der Waals surface area contributed by atoms with E-state index in [9.17, 15) is 8.42 Å². The van der Waals surface area contributed by atoms with Gasteiger partial charge in [0.25, 0.3) is 10.1 Å². The monoisotopic (exact) mass is 232 g/mol. The molecule has 0 saturated carbocycles. The van der Waals surface area contributed by atoms with Gasteiger partial charge in [0.05, 0.1) is 10.4 Å². The molecule has 0 aromatic heterocycles. The van der Waals surface area contributed by atoms with E-state index in [1.54, 1.807) is 19.9 Å². The molecule has 1 rings (SSSR count). The lowest BCUT2D eigenvalue weighted by Gasteiger charge is -2.32. The Morgan fingerprint density at radius 3 is 2.33 bits per heavy atom. The summed E-state index contributed by atoms with van der Waals surface area (Å²) in [6, 6.07) is -0.501. The summed E-state index contributed by atoms with van der Waals surface area (Å²) in [4.78, 5) is -0.201. The van der Waals surface area contributed by atoms with Crippen molar-refractivity contribution < 1.29 is 13.0 Å². The largest absolute Gasteiger partial charge is 0.321 e. The summed E-state index contributed by atoms with van der Waals surface area (Å²) in [5.74, 6) is 0. The van der Waals surface area contributed by atoms with E-state index in [0.717, 1.165) is 5.57 Å². The van der Waals surface area contributed by atoms with Crippen molar-refractivity contribution in [2.45, 2.75) is 32.4 Å². The number of hydrogen-bond acceptors (Lipinski definition) is 4. The van der Waals surface area contributed by atoms with E-state index in [1.165, 1.54) is 6.92 Å². The van der Waals surface area contributed by atoms with Gasteiger partial charge in [-0.15, -0.1) is 0 Å². The van der Waals surface area contributed by atoms with Crippen molar-refractivity contribution in [2.24, 2.45) is 11.5 Å². The van der Waals surface area contributed by atoms with Crippen LogP contribution in [0.25, 0.3) is 0 Å². The Hall–Kier alpha value is -0.690. The topological polar surface area (TPSA) is 106 Å². The Morgan fingerprint density at radius 2 is 1.93 bits per heavy atom. The van der Waals surface area contributed by atoms with Crippen LogP contribution in [0.1, 0.15) is 20.8 Å². The first-order valence-electron chi connectivity index (χ1n) is 4.50. The minimum absolute atomic E-state index is 0.201. The van der Waals surface area contributed by atoms with Crippen molar-refractivity contribution >= 4 is 10.1 Å². The molecule has 2 atom stereocenters. The highest BCUT2D eigenvalue weighted by Gasteiger charge is 2.38. The first-order chi connectivity index (χ1) is 6.57. The molecule has 15 heavy (non-hydrogen) atoms. The fourth-order valence-electron chi connectivity index (χ4n) is 2.02. The van der Waals surface area contributed by atoms with Crippen LogP contribution in [-0.2, 0) is 10.1 Å². The zero-order valence-electron chi connectivity index (χ0n) is 8.98. The summed E-state index contributed by atoms with van der Waals surface area (Å²) < 4.78 is 31.5.